The molecule has 0 amide bonds. The highest BCUT2D eigenvalue weighted by Gasteiger charge is 2.56. The summed E-state index contributed by atoms with van der Waals surface area (Å²) in [7, 11) is -17.3. The van der Waals surface area contributed by atoms with Gasteiger partial charge in [-0.15, -0.1) is 0 Å². The van der Waals surface area contributed by atoms with Crippen LogP contribution in [-0.4, -0.2) is 63.9 Å². The highest BCUT2D eigenvalue weighted by Crippen LogP contribution is 2.66. The minimum atomic E-state index is -5.90. The van der Waals surface area contributed by atoms with Gasteiger partial charge in [0.05, 0.1) is 12.8 Å². The van der Waals surface area contributed by atoms with Gasteiger partial charge in [-0.3, -0.25) is 14.1 Å². The fourth-order valence-corrected chi connectivity index (χ4v) is 5.61. The summed E-state index contributed by atoms with van der Waals surface area (Å²) in [5, 5.41) is 23.5. The van der Waals surface area contributed by atoms with Crippen molar-refractivity contribution in [3.05, 3.63) is 37.6 Å². The zero-order valence-corrected chi connectivity index (χ0v) is 18.9. The molecule has 0 bridgehead atoms. The zero-order chi connectivity index (χ0) is 25.4. The maximum atomic E-state index is 13.8. The van der Waals surface area contributed by atoms with Crippen LogP contribution in [-0.2, 0) is 31.6 Å². The number of nitrogens with one attached hydrogen (secondary N) is 1. The van der Waals surface area contributed by atoms with E-state index in [1.807, 2.05) is 4.98 Å². The molecule has 3 unspecified atom stereocenters. The fraction of sp³-hybridized carbons (Fsp3) is 0.556. The summed E-state index contributed by atoms with van der Waals surface area (Å²) in [6.07, 6.45) is -5.98. The van der Waals surface area contributed by atoms with E-state index in [4.69, 9.17) is 24.9 Å². The van der Waals surface area contributed by atoms with Crippen LogP contribution in [0.5, 0.6) is 0 Å². The summed E-state index contributed by atoms with van der Waals surface area (Å²) in [5.74, 6) is -1.16. The Kier molecular flexibility index (Phi) is 8.20. The molecule has 7 N–H and O–H groups in total. The van der Waals surface area contributed by atoms with Gasteiger partial charge >= 0.3 is 29.2 Å². The van der Waals surface area contributed by atoms with E-state index in [2.05, 4.69) is 35.4 Å². The van der Waals surface area contributed by atoms with E-state index >= 15 is 0 Å². The first-order valence-corrected chi connectivity index (χ1v) is 12.7. The Morgan fingerprint density at radius 3 is 2.42 bits per heavy atom. The standard InChI is InChI=1S/C9H13FN5O14P3S/c10-3-1-15(8(18)12-6(3)33)7-4(16)5(17)9(27-7,13-14-11)2-26-31(22,23)29-32(24,25)28-30(19,20)21/h1,4-5,7,16-17H,2H2,(H,22,23)(H,24,25)(H,12,18,33)(H2,19,20,21)/t4-,5?,7+,9+/m0/s1. The van der Waals surface area contributed by atoms with Gasteiger partial charge < -0.3 is 34.5 Å². The summed E-state index contributed by atoms with van der Waals surface area (Å²) >= 11 is 4.51. The number of rotatable bonds is 9. The fourth-order valence-electron chi connectivity index (χ4n) is 2.43. The Bertz CT molecular complexity index is 1230. The highest BCUT2D eigenvalue weighted by atomic mass is 32.1. The van der Waals surface area contributed by atoms with Crippen molar-refractivity contribution in [3.8, 4) is 0 Å². The van der Waals surface area contributed by atoms with Crippen LogP contribution in [0.1, 0.15) is 6.23 Å². The third-order valence-electron chi connectivity index (χ3n) is 3.67. The third kappa shape index (κ3) is 6.83. The number of H-pyrrole nitrogens is 1. The molecule has 0 spiro atoms. The van der Waals surface area contributed by atoms with E-state index in [1.54, 1.807) is 0 Å². The van der Waals surface area contributed by atoms with Crippen molar-refractivity contribution in [2.75, 3.05) is 6.61 Å². The largest absolute Gasteiger partial charge is 0.490 e. The van der Waals surface area contributed by atoms with Gasteiger partial charge in [0, 0.05) is 4.91 Å². The maximum Gasteiger partial charge on any atom is 0.490 e. The minimum Gasteiger partial charge on any atom is -0.387 e. The van der Waals surface area contributed by atoms with Crippen molar-refractivity contribution in [2.45, 2.75) is 24.2 Å². The quantitative estimate of drug-likeness (QED) is 0.0668. The lowest BCUT2D eigenvalue weighted by atomic mass is 10.1. The first-order valence-electron chi connectivity index (χ1n) is 7.81. The molecule has 2 heterocycles. The second kappa shape index (κ2) is 9.71. The second-order valence-electron chi connectivity index (χ2n) is 5.99. The SMILES string of the molecule is [N-]=[N+]=N[C@]1(COP(=O)(O)OP(=O)(O)OP(=O)(O)O)O[C@@H](n2cc(F)c(=S)[nH]c2=O)[C@@H](O)C1O. The number of hydrogen-bond acceptors (Lipinski definition) is 12. The lowest BCUT2D eigenvalue weighted by molar-refractivity contribution is -0.123. The van der Waals surface area contributed by atoms with Crippen LogP contribution in [0.3, 0.4) is 0 Å². The van der Waals surface area contributed by atoms with Crippen LogP contribution in [0.4, 0.5) is 4.39 Å². The summed E-state index contributed by atoms with van der Waals surface area (Å²) < 4.78 is 63.7. The molecule has 0 aromatic carbocycles. The first kappa shape index (κ1) is 27.9. The second-order valence-corrected chi connectivity index (χ2v) is 10.8. The lowest BCUT2D eigenvalue weighted by Gasteiger charge is -2.27. The molecule has 1 saturated heterocycles. The Morgan fingerprint density at radius 1 is 1.27 bits per heavy atom. The molecule has 0 aliphatic carbocycles. The molecular weight excluding hydrogens is 546 g/mol. The number of aliphatic hydroxyl groups is 2. The molecule has 19 nitrogen and oxygen atoms in total. The van der Waals surface area contributed by atoms with Gasteiger partial charge in [-0.1, -0.05) is 17.3 Å². The van der Waals surface area contributed by atoms with E-state index < -0.39 is 70.4 Å². The van der Waals surface area contributed by atoms with Crippen LogP contribution in [0, 0.1) is 10.5 Å². The van der Waals surface area contributed by atoms with Gasteiger partial charge in [0.1, 0.15) is 16.8 Å². The van der Waals surface area contributed by atoms with Gasteiger partial charge in [-0.2, -0.15) is 8.62 Å². The molecule has 2 rings (SSSR count). The molecule has 0 radical (unpaired) electrons. The third-order valence-corrected chi connectivity index (χ3v) is 7.75. The van der Waals surface area contributed by atoms with Gasteiger partial charge in [0.25, 0.3) is 0 Å². The normalized spacial score (nSPS) is 29.1. The number of nitrogens with zero attached hydrogens (tertiary/aromatic N) is 4. The van der Waals surface area contributed by atoms with Crippen LogP contribution in [0.15, 0.2) is 16.1 Å². The number of azide groups is 1. The number of phosphoric acid groups is 3. The monoisotopic (exact) mass is 559 g/mol. The van der Waals surface area contributed by atoms with Gasteiger partial charge in [-0.05, 0) is 5.53 Å². The van der Waals surface area contributed by atoms with Crippen molar-refractivity contribution in [2.24, 2.45) is 5.11 Å². The summed E-state index contributed by atoms with van der Waals surface area (Å²) in [4.78, 5) is 51.8. The van der Waals surface area contributed by atoms with Gasteiger partial charge in [0.2, 0.25) is 5.72 Å². The van der Waals surface area contributed by atoms with Crippen LogP contribution in [0.2, 0.25) is 0 Å². The van der Waals surface area contributed by atoms with Crippen molar-refractivity contribution in [1.29, 1.82) is 0 Å². The van der Waals surface area contributed by atoms with Crippen LogP contribution < -0.4 is 5.69 Å². The topological polar surface area (TPSA) is 296 Å². The molecule has 1 aliphatic heterocycles. The van der Waals surface area contributed by atoms with Crippen LogP contribution in [0.25, 0.3) is 10.4 Å². The number of ether oxygens (including phenoxy) is 1. The van der Waals surface area contributed by atoms with Crippen molar-refractivity contribution in [1.82, 2.24) is 9.55 Å². The molecule has 1 aliphatic rings. The molecule has 6 atom stereocenters. The number of aromatic amines is 1. The van der Waals surface area contributed by atoms with E-state index in [0.29, 0.717) is 10.8 Å². The highest BCUT2D eigenvalue weighted by molar-refractivity contribution is 7.71. The smallest absolute Gasteiger partial charge is 0.387 e. The van der Waals surface area contributed by atoms with E-state index in [-0.39, 0.29) is 0 Å². The number of phosphoric ester groups is 1. The van der Waals surface area contributed by atoms with Crippen LogP contribution >= 0.6 is 35.7 Å². The average Bonchev–Trinajstić information content (AvgIpc) is 2.86. The number of aromatic nitrogens is 2. The first-order chi connectivity index (χ1) is 14.9. The summed E-state index contributed by atoms with van der Waals surface area (Å²) in [6, 6.07) is 0. The number of hydrogen-bond donors (Lipinski definition) is 7. The minimum absolute atomic E-state index is 0.360. The van der Waals surface area contributed by atoms with Gasteiger partial charge in [0.15, 0.2) is 12.0 Å². The predicted octanol–water partition coefficient (Wildman–Crippen LogP) is -0.355. The Morgan fingerprint density at radius 2 is 1.88 bits per heavy atom. The van der Waals surface area contributed by atoms with E-state index in [0.717, 1.165) is 0 Å². The Balaban J connectivity index is 2.32. The molecule has 186 valence electrons. The Hall–Kier alpha value is -1.37. The molecule has 0 saturated carbocycles. The lowest BCUT2D eigenvalue weighted by Crippen LogP contribution is -2.44. The molecular formula is C9H13FN5O14P3S. The number of halogens is 1. The Labute approximate surface area is 185 Å². The molecule has 1 fully saturated rings. The average molecular weight is 559 g/mol. The predicted molar refractivity (Wildman–Crippen MR) is 99.7 cm³/mol. The van der Waals surface area contributed by atoms with E-state index in [9.17, 15) is 38.0 Å². The van der Waals surface area contributed by atoms with Crippen molar-refractivity contribution >= 4 is 35.7 Å². The molecule has 33 heavy (non-hydrogen) atoms. The summed E-state index contributed by atoms with van der Waals surface area (Å²) in [6.45, 7) is -1.52. The van der Waals surface area contributed by atoms with E-state index in [1.165, 1.54) is 0 Å². The molecule has 1 aromatic heterocycles. The number of aliphatic hydroxyl groups excluding tert-OH is 2. The van der Waals surface area contributed by atoms with Crippen molar-refractivity contribution in [3.63, 3.8) is 0 Å². The maximum absolute atomic E-state index is 13.8. The zero-order valence-electron chi connectivity index (χ0n) is 15.4. The van der Waals surface area contributed by atoms with Gasteiger partial charge in [-0.25, -0.2) is 22.9 Å². The molecule has 1 aromatic rings. The summed E-state index contributed by atoms with van der Waals surface area (Å²) in [5.41, 5.74) is 4.80. The van der Waals surface area contributed by atoms with Crippen molar-refractivity contribution < 1.29 is 65.8 Å². The molecule has 24 heteroatoms.